The maximum absolute atomic E-state index is 9.76. The van der Waals surface area contributed by atoms with Gasteiger partial charge in [0.2, 0.25) is 0 Å². The van der Waals surface area contributed by atoms with Crippen LogP contribution >= 0.6 is 0 Å². The minimum Gasteiger partial charge on any atom is -0.393 e. The van der Waals surface area contributed by atoms with Crippen LogP contribution in [0.3, 0.4) is 0 Å². The second-order valence-electron chi connectivity index (χ2n) is 4.07. The van der Waals surface area contributed by atoms with E-state index in [-0.39, 0.29) is 6.10 Å². The molecule has 1 rings (SSSR count). The van der Waals surface area contributed by atoms with E-state index in [1.54, 1.807) is 0 Å². The Kier molecular flexibility index (Phi) is 4.02. The molecule has 1 aliphatic rings. The van der Waals surface area contributed by atoms with Crippen molar-refractivity contribution in [2.45, 2.75) is 45.1 Å². The molecule has 0 radical (unpaired) electrons. The smallest absolute Gasteiger partial charge is 0.0583 e. The van der Waals surface area contributed by atoms with E-state index in [9.17, 15) is 5.11 Å². The maximum atomic E-state index is 9.76. The van der Waals surface area contributed by atoms with Crippen molar-refractivity contribution in [3.63, 3.8) is 0 Å². The summed E-state index contributed by atoms with van der Waals surface area (Å²) in [6.45, 7) is 2.87. The molecule has 0 amide bonds. The Morgan fingerprint density at radius 1 is 1.42 bits per heavy atom. The zero-order chi connectivity index (χ0) is 8.97. The molecule has 3 N–H and O–H groups in total. The lowest BCUT2D eigenvalue weighted by atomic mass is 9.76. The molecule has 1 aliphatic carbocycles. The molecule has 0 aromatic heterocycles. The lowest BCUT2D eigenvalue weighted by Gasteiger charge is -2.32. The van der Waals surface area contributed by atoms with Gasteiger partial charge in [-0.15, -0.1) is 0 Å². The topological polar surface area (TPSA) is 46.2 Å². The first kappa shape index (κ1) is 10.0. The second-order valence-corrected chi connectivity index (χ2v) is 4.07. The van der Waals surface area contributed by atoms with E-state index in [1.807, 2.05) is 0 Å². The Hall–Kier alpha value is -0.0800. The number of hydrogen-bond donors (Lipinski definition) is 2. The fraction of sp³-hybridized carbons (Fsp3) is 1.00. The number of nitrogens with two attached hydrogens (primary N) is 1. The normalized spacial score (nSPS) is 33.2. The van der Waals surface area contributed by atoms with E-state index in [0.29, 0.717) is 18.4 Å². The van der Waals surface area contributed by atoms with E-state index < -0.39 is 0 Å². The van der Waals surface area contributed by atoms with Gasteiger partial charge < -0.3 is 10.8 Å². The molecule has 0 heterocycles. The fourth-order valence-corrected chi connectivity index (χ4v) is 2.30. The minimum absolute atomic E-state index is 0.148. The average molecular weight is 171 g/mol. The van der Waals surface area contributed by atoms with E-state index >= 15 is 0 Å². The molecule has 0 aromatic carbocycles. The molecule has 0 saturated heterocycles. The van der Waals surface area contributed by atoms with Crippen molar-refractivity contribution in [3.8, 4) is 0 Å². The first-order valence-electron chi connectivity index (χ1n) is 5.14. The summed E-state index contributed by atoms with van der Waals surface area (Å²) in [4.78, 5) is 0. The molecule has 0 spiro atoms. The number of aliphatic hydroxyl groups excluding tert-OH is 1. The molecule has 1 saturated carbocycles. The van der Waals surface area contributed by atoms with Gasteiger partial charge in [0.15, 0.2) is 0 Å². The van der Waals surface area contributed by atoms with Crippen molar-refractivity contribution in [1.82, 2.24) is 0 Å². The summed E-state index contributed by atoms with van der Waals surface area (Å²) in [5.74, 6) is 1.21. The molecule has 3 atom stereocenters. The summed E-state index contributed by atoms with van der Waals surface area (Å²) < 4.78 is 0. The third-order valence-corrected chi connectivity index (χ3v) is 3.13. The highest BCUT2D eigenvalue weighted by atomic mass is 16.3. The largest absolute Gasteiger partial charge is 0.393 e. The Bertz CT molecular complexity index is 127. The molecule has 3 unspecified atom stereocenters. The Labute approximate surface area is 75.2 Å². The molecule has 2 heteroatoms. The van der Waals surface area contributed by atoms with Crippen LogP contribution in [-0.2, 0) is 0 Å². The molecular weight excluding hydrogens is 150 g/mol. The predicted octanol–water partition coefficient (Wildman–Crippen LogP) is 1.52. The van der Waals surface area contributed by atoms with Gasteiger partial charge in [0, 0.05) is 0 Å². The summed E-state index contributed by atoms with van der Waals surface area (Å²) in [5, 5.41) is 9.76. The van der Waals surface area contributed by atoms with E-state index in [4.69, 9.17) is 5.73 Å². The first-order valence-corrected chi connectivity index (χ1v) is 5.14. The maximum Gasteiger partial charge on any atom is 0.0583 e. The minimum atomic E-state index is -0.148. The van der Waals surface area contributed by atoms with Gasteiger partial charge >= 0.3 is 0 Å². The van der Waals surface area contributed by atoms with Crippen molar-refractivity contribution >= 4 is 0 Å². The van der Waals surface area contributed by atoms with Gasteiger partial charge in [0.1, 0.15) is 0 Å². The van der Waals surface area contributed by atoms with Gasteiger partial charge in [-0.1, -0.05) is 26.2 Å². The van der Waals surface area contributed by atoms with Gasteiger partial charge in [-0.25, -0.2) is 0 Å². The van der Waals surface area contributed by atoms with Gasteiger partial charge in [0.05, 0.1) is 6.10 Å². The summed E-state index contributed by atoms with van der Waals surface area (Å²) in [7, 11) is 0. The van der Waals surface area contributed by atoms with Crippen LogP contribution in [0.1, 0.15) is 39.0 Å². The predicted molar refractivity (Wildman–Crippen MR) is 50.8 cm³/mol. The Morgan fingerprint density at radius 3 is 2.67 bits per heavy atom. The van der Waals surface area contributed by atoms with Gasteiger partial charge in [-0.3, -0.25) is 0 Å². The van der Waals surface area contributed by atoms with E-state index in [1.165, 1.54) is 25.7 Å². The highest BCUT2D eigenvalue weighted by Gasteiger charge is 2.26. The van der Waals surface area contributed by atoms with Crippen molar-refractivity contribution < 1.29 is 5.11 Å². The van der Waals surface area contributed by atoms with Crippen LogP contribution in [0.5, 0.6) is 0 Å². The summed E-state index contributed by atoms with van der Waals surface area (Å²) in [6.07, 6.45) is 5.73. The van der Waals surface area contributed by atoms with E-state index in [2.05, 4.69) is 6.92 Å². The summed E-state index contributed by atoms with van der Waals surface area (Å²) in [6, 6.07) is 0. The highest BCUT2D eigenvalue weighted by molar-refractivity contribution is 4.78. The molecule has 12 heavy (non-hydrogen) atoms. The van der Waals surface area contributed by atoms with Crippen molar-refractivity contribution in [3.05, 3.63) is 0 Å². The van der Waals surface area contributed by atoms with Crippen LogP contribution < -0.4 is 5.73 Å². The van der Waals surface area contributed by atoms with Gasteiger partial charge in [0.25, 0.3) is 0 Å². The first-order chi connectivity index (χ1) is 5.75. The molecular formula is C10H21NO. The zero-order valence-electron chi connectivity index (χ0n) is 8.00. The highest BCUT2D eigenvalue weighted by Crippen LogP contribution is 2.32. The number of aliphatic hydroxyl groups is 1. The lowest BCUT2D eigenvalue weighted by Crippen LogP contribution is -2.30. The zero-order valence-corrected chi connectivity index (χ0v) is 8.00. The van der Waals surface area contributed by atoms with Crippen LogP contribution in [0.2, 0.25) is 0 Å². The monoisotopic (exact) mass is 171 g/mol. The molecule has 1 fully saturated rings. The van der Waals surface area contributed by atoms with Crippen LogP contribution in [-0.4, -0.2) is 17.8 Å². The van der Waals surface area contributed by atoms with Crippen molar-refractivity contribution in [2.75, 3.05) is 6.54 Å². The second kappa shape index (κ2) is 4.83. The van der Waals surface area contributed by atoms with Crippen molar-refractivity contribution in [2.24, 2.45) is 17.6 Å². The molecule has 0 aliphatic heterocycles. The Balaban J connectivity index is 2.36. The lowest BCUT2D eigenvalue weighted by molar-refractivity contribution is 0.0492. The third-order valence-electron chi connectivity index (χ3n) is 3.13. The molecule has 72 valence electrons. The summed E-state index contributed by atoms with van der Waals surface area (Å²) >= 11 is 0. The number of hydrogen-bond acceptors (Lipinski definition) is 2. The van der Waals surface area contributed by atoms with Crippen LogP contribution in [0.25, 0.3) is 0 Å². The summed E-state index contributed by atoms with van der Waals surface area (Å²) in [5.41, 5.74) is 5.42. The average Bonchev–Trinajstić information content (AvgIpc) is 2.05. The molecule has 0 aromatic rings. The third kappa shape index (κ3) is 2.46. The molecule has 2 nitrogen and oxygen atoms in total. The Morgan fingerprint density at radius 2 is 2.08 bits per heavy atom. The van der Waals surface area contributed by atoms with Crippen LogP contribution in [0.15, 0.2) is 0 Å². The number of rotatable bonds is 3. The van der Waals surface area contributed by atoms with Gasteiger partial charge in [-0.2, -0.15) is 0 Å². The van der Waals surface area contributed by atoms with E-state index in [0.717, 1.165) is 6.42 Å². The molecule has 0 bridgehead atoms. The van der Waals surface area contributed by atoms with Crippen LogP contribution in [0.4, 0.5) is 0 Å². The SMILES string of the molecule is CC1CCCCC1C(O)CCN. The van der Waals surface area contributed by atoms with Crippen molar-refractivity contribution in [1.29, 1.82) is 0 Å². The quantitative estimate of drug-likeness (QED) is 0.676. The fourth-order valence-electron chi connectivity index (χ4n) is 2.30. The standard InChI is InChI=1S/C10H21NO/c1-8-4-2-3-5-9(8)10(12)6-7-11/h8-10,12H,2-7,11H2,1H3. The van der Waals surface area contributed by atoms with Crippen LogP contribution in [0, 0.1) is 11.8 Å². The van der Waals surface area contributed by atoms with Gasteiger partial charge in [-0.05, 0) is 31.2 Å².